The monoisotopic (exact) mass is 437 g/mol. The van der Waals surface area contributed by atoms with Gasteiger partial charge in [0.05, 0.1) is 18.4 Å². The lowest BCUT2D eigenvalue weighted by atomic mass is 10.1. The summed E-state index contributed by atoms with van der Waals surface area (Å²) in [6.45, 7) is 1.50. The van der Waals surface area contributed by atoms with Crippen molar-refractivity contribution < 1.29 is 0 Å². The molecule has 0 aliphatic heterocycles. The SMILES string of the molecule is ClCCn1c2ccccc2c2cc(C=NN(Cc3ccccc3)c3ccccc3)ccc21. The molecular weight excluding hydrogens is 414 g/mol. The Kier molecular flexibility index (Phi) is 5.91. The molecule has 5 aromatic rings. The summed E-state index contributed by atoms with van der Waals surface area (Å²) >= 11 is 6.09. The lowest BCUT2D eigenvalue weighted by Gasteiger charge is -2.19. The second-order valence-corrected chi connectivity index (χ2v) is 8.14. The van der Waals surface area contributed by atoms with Crippen LogP contribution in [0.3, 0.4) is 0 Å². The summed E-state index contributed by atoms with van der Waals surface area (Å²) in [6, 6.07) is 35.7. The first kappa shape index (κ1) is 20.3. The number of anilines is 1. The minimum atomic E-state index is 0.586. The second-order valence-electron chi connectivity index (χ2n) is 7.76. The zero-order chi connectivity index (χ0) is 21.8. The first-order chi connectivity index (χ1) is 15.8. The third kappa shape index (κ3) is 4.12. The van der Waals surface area contributed by atoms with Crippen molar-refractivity contribution in [1.29, 1.82) is 0 Å². The van der Waals surface area contributed by atoms with Crippen LogP contribution in [0.5, 0.6) is 0 Å². The number of aryl methyl sites for hydroxylation is 1. The summed E-state index contributed by atoms with van der Waals surface area (Å²) in [4.78, 5) is 0. The van der Waals surface area contributed by atoms with Gasteiger partial charge in [-0.3, -0.25) is 5.01 Å². The molecule has 158 valence electrons. The lowest BCUT2D eigenvalue weighted by molar-refractivity contribution is 0.834. The standard InChI is InChI=1S/C28H24ClN3/c29-17-18-31-27-14-8-7-13-25(27)26-19-23(15-16-28(26)31)20-30-32(24-11-5-2-6-12-24)21-22-9-3-1-4-10-22/h1-16,19-20H,17-18,21H2. The van der Waals surface area contributed by atoms with E-state index in [-0.39, 0.29) is 0 Å². The average Bonchev–Trinajstić information content (AvgIpc) is 3.16. The van der Waals surface area contributed by atoms with Crippen molar-refractivity contribution in [3.63, 3.8) is 0 Å². The maximum atomic E-state index is 6.09. The van der Waals surface area contributed by atoms with Crippen LogP contribution in [-0.2, 0) is 13.1 Å². The van der Waals surface area contributed by atoms with E-state index in [4.69, 9.17) is 16.7 Å². The maximum absolute atomic E-state index is 6.09. The number of alkyl halides is 1. The number of aromatic nitrogens is 1. The van der Waals surface area contributed by atoms with E-state index in [1.807, 2.05) is 35.5 Å². The van der Waals surface area contributed by atoms with Crippen molar-refractivity contribution in [2.75, 3.05) is 10.9 Å². The Hall–Kier alpha value is -3.56. The van der Waals surface area contributed by atoms with Gasteiger partial charge in [-0.15, -0.1) is 11.6 Å². The molecule has 0 atom stereocenters. The third-order valence-electron chi connectivity index (χ3n) is 5.68. The number of hydrogen-bond donors (Lipinski definition) is 0. The predicted octanol–water partition coefficient (Wildman–Crippen LogP) is 7.07. The minimum absolute atomic E-state index is 0.586. The zero-order valence-corrected chi connectivity index (χ0v) is 18.5. The predicted molar refractivity (Wildman–Crippen MR) is 137 cm³/mol. The maximum Gasteiger partial charge on any atom is 0.0666 e. The van der Waals surface area contributed by atoms with E-state index in [1.165, 1.54) is 27.4 Å². The van der Waals surface area contributed by atoms with Gasteiger partial charge in [0.2, 0.25) is 0 Å². The van der Waals surface area contributed by atoms with Crippen molar-refractivity contribution >= 4 is 45.3 Å². The molecule has 1 heterocycles. The van der Waals surface area contributed by atoms with E-state index < -0.39 is 0 Å². The Morgan fingerprint density at radius 2 is 1.44 bits per heavy atom. The van der Waals surface area contributed by atoms with Gasteiger partial charge in [-0.1, -0.05) is 72.8 Å². The van der Waals surface area contributed by atoms with Gasteiger partial charge in [0.1, 0.15) is 0 Å². The second kappa shape index (κ2) is 9.29. The molecule has 0 spiro atoms. The highest BCUT2D eigenvalue weighted by Gasteiger charge is 2.10. The van der Waals surface area contributed by atoms with Gasteiger partial charge >= 0.3 is 0 Å². The van der Waals surface area contributed by atoms with Gasteiger partial charge in [-0.2, -0.15) is 5.10 Å². The molecule has 0 bridgehead atoms. The molecule has 0 saturated heterocycles. The van der Waals surface area contributed by atoms with Crippen molar-refractivity contribution in [1.82, 2.24) is 4.57 Å². The Balaban J connectivity index is 1.52. The van der Waals surface area contributed by atoms with Crippen LogP contribution in [0.4, 0.5) is 5.69 Å². The summed E-state index contributed by atoms with van der Waals surface area (Å²) in [5.41, 5.74) is 5.76. The van der Waals surface area contributed by atoms with E-state index in [2.05, 4.69) is 83.4 Å². The number of halogens is 1. The minimum Gasteiger partial charge on any atom is -0.339 e. The Morgan fingerprint density at radius 3 is 2.22 bits per heavy atom. The molecule has 3 nitrogen and oxygen atoms in total. The molecule has 0 unspecified atom stereocenters. The van der Waals surface area contributed by atoms with Crippen LogP contribution in [0.15, 0.2) is 108 Å². The van der Waals surface area contributed by atoms with Gasteiger partial charge in [0.25, 0.3) is 0 Å². The first-order valence-electron chi connectivity index (χ1n) is 10.8. The van der Waals surface area contributed by atoms with E-state index in [1.54, 1.807) is 0 Å². The van der Waals surface area contributed by atoms with Crippen LogP contribution in [0.25, 0.3) is 21.8 Å². The van der Waals surface area contributed by atoms with Crippen LogP contribution in [0, 0.1) is 0 Å². The van der Waals surface area contributed by atoms with Crippen LogP contribution in [0.1, 0.15) is 11.1 Å². The molecular formula is C28H24ClN3. The van der Waals surface area contributed by atoms with Gasteiger partial charge in [-0.25, -0.2) is 0 Å². The molecule has 0 N–H and O–H groups in total. The van der Waals surface area contributed by atoms with E-state index in [0.29, 0.717) is 12.4 Å². The molecule has 0 fully saturated rings. The summed E-state index contributed by atoms with van der Waals surface area (Å²) in [5.74, 6) is 0.586. The van der Waals surface area contributed by atoms with Crippen LogP contribution >= 0.6 is 11.6 Å². The normalized spacial score (nSPS) is 11.5. The third-order valence-corrected chi connectivity index (χ3v) is 5.85. The highest BCUT2D eigenvalue weighted by atomic mass is 35.5. The van der Waals surface area contributed by atoms with Crippen LogP contribution in [0.2, 0.25) is 0 Å². The Bertz CT molecular complexity index is 1360. The van der Waals surface area contributed by atoms with E-state index in [9.17, 15) is 0 Å². The van der Waals surface area contributed by atoms with Crippen molar-refractivity contribution in [2.45, 2.75) is 13.1 Å². The Morgan fingerprint density at radius 1 is 0.750 bits per heavy atom. The number of fused-ring (bicyclic) bond motifs is 3. The number of rotatable bonds is 7. The van der Waals surface area contributed by atoms with E-state index in [0.717, 1.165) is 17.8 Å². The quantitative estimate of drug-likeness (QED) is 0.151. The summed E-state index contributed by atoms with van der Waals surface area (Å²) in [6.07, 6.45) is 1.95. The number of nitrogens with zero attached hydrogens (tertiary/aromatic N) is 3. The van der Waals surface area contributed by atoms with Crippen molar-refractivity contribution in [3.05, 3.63) is 114 Å². The number of hydrazone groups is 1. The molecule has 5 rings (SSSR count). The van der Waals surface area contributed by atoms with Crippen molar-refractivity contribution in [3.8, 4) is 0 Å². The molecule has 4 aromatic carbocycles. The topological polar surface area (TPSA) is 20.5 Å². The zero-order valence-electron chi connectivity index (χ0n) is 17.7. The van der Waals surface area contributed by atoms with Gasteiger partial charge < -0.3 is 4.57 Å². The molecule has 0 aliphatic carbocycles. The van der Waals surface area contributed by atoms with Crippen molar-refractivity contribution in [2.24, 2.45) is 5.10 Å². The average molecular weight is 438 g/mol. The number of benzene rings is 4. The molecule has 1 aromatic heterocycles. The number of para-hydroxylation sites is 2. The largest absolute Gasteiger partial charge is 0.339 e. The summed E-state index contributed by atoms with van der Waals surface area (Å²) < 4.78 is 2.30. The van der Waals surface area contributed by atoms with Crippen LogP contribution < -0.4 is 5.01 Å². The molecule has 0 radical (unpaired) electrons. The van der Waals surface area contributed by atoms with Gasteiger partial charge in [0, 0.05) is 34.2 Å². The summed E-state index contributed by atoms with van der Waals surface area (Å²) in [7, 11) is 0. The Labute approximate surface area is 193 Å². The molecule has 0 saturated carbocycles. The molecule has 32 heavy (non-hydrogen) atoms. The smallest absolute Gasteiger partial charge is 0.0666 e. The molecule has 4 heteroatoms. The van der Waals surface area contributed by atoms with Gasteiger partial charge in [0.15, 0.2) is 0 Å². The lowest BCUT2D eigenvalue weighted by Crippen LogP contribution is -2.16. The summed E-state index contributed by atoms with van der Waals surface area (Å²) in [5, 5.41) is 9.38. The molecule has 0 aliphatic rings. The van der Waals surface area contributed by atoms with E-state index >= 15 is 0 Å². The number of hydrogen-bond acceptors (Lipinski definition) is 2. The highest BCUT2D eigenvalue weighted by molar-refractivity contribution is 6.18. The first-order valence-corrected chi connectivity index (χ1v) is 11.3. The highest BCUT2D eigenvalue weighted by Crippen LogP contribution is 2.29. The fraction of sp³-hybridized carbons (Fsp3) is 0.107. The fourth-order valence-corrected chi connectivity index (χ4v) is 4.34. The van der Waals surface area contributed by atoms with Gasteiger partial charge in [-0.05, 0) is 41.5 Å². The van der Waals surface area contributed by atoms with Crippen LogP contribution in [-0.4, -0.2) is 16.7 Å². The fourth-order valence-electron chi connectivity index (χ4n) is 4.17. The molecule has 0 amide bonds.